The van der Waals surface area contributed by atoms with Gasteiger partial charge < -0.3 is 9.64 Å². The van der Waals surface area contributed by atoms with Crippen LogP contribution in [0.3, 0.4) is 0 Å². The molecule has 90 valence electrons. The van der Waals surface area contributed by atoms with Gasteiger partial charge >= 0.3 is 5.97 Å². The van der Waals surface area contributed by atoms with Crippen LogP contribution in [0.5, 0.6) is 0 Å². The Kier molecular flexibility index (Phi) is 4.53. The maximum Gasteiger partial charge on any atom is 0.307 e. The van der Waals surface area contributed by atoms with Crippen LogP contribution < -0.4 is 4.90 Å². The summed E-state index contributed by atoms with van der Waals surface area (Å²) in [6.07, 6.45) is 0.0916. The van der Waals surface area contributed by atoms with Gasteiger partial charge in [-0.05, 0) is 17.7 Å². The lowest BCUT2D eigenvalue weighted by molar-refractivity contribution is -0.140. The Balaban J connectivity index is 2.83. The monoisotopic (exact) mass is 232 g/mol. The summed E-state index contributed by atoms with van der Waals surface area (Å²) in [5.41, 5.74) is 1.90. The first-order valence-corrected chi connectivity index (χ1v) is 5.32. The van der Waals surface area contributed by atoms with Crippen LogP contribution in [0.25, 0.3) is 0 Å². The first kappa shape index (κ1) is 13.0. The zero-order valence-electron chi connectivity index (χ0n) is 10.3. The standard InChI is InChI=1S/C13H16N2O2/c1-15(2)12-6-4-10(5-7-12)11(9-14)8-13(16)17-3/h4-7,11H,8H2,1-3H3. The minimum Gasteiger partial charge on any atom is -0.469 e. The Morgan fingerprint density at radius 1 is 1.41 bits per heavy atom. The van der Waals surface area contributed by atoms with Crippen molar-refractivity contribution in [3.05, 3.63) is 29.8 Å². The minimum absolute atomic E-state index is 0.0916. The zero-order chi connectivity index (χ0) is 12.8. The second kappa shape index (κ2) is 5.90. The van der Waals surface area contributed by atoms with Crippen molar-refractivity contribution < 1.29 is 9.53 Å². The highest BCUT2D eigenvalue weighted by Crippen LogP contribution is 2.22. The Morgan fingerprint density at radius 3 is 2.41 bits per heavy atom. The van der Waals surface area contributed by atoms with E-state index in [9.17, 15) is 4.79 Å². The minimum atomic E-state index is -0.446. The SMILES string of the molecule is COC(=O)CC(C#N)c1ccc(N(C)C)cc1. The van der Waals surface area contributed by atoms with Crippen molar-refractivity contribution in [2.75, 3.05) is 26.1 Å². The molecule has 0 radical (unpaired) electrons. The van der Waals surface area contributed by atoms with Gasteiger partial charge in [-0.25, -0.2) is 0 Å². The summed E-state index contributed by atoms with van der Waals surface area (Å²) in [6.45, 7) is 0. The molecule has 0 spiro atoms. The lowest BCUT2D eigenvalue weighted by Crippen LogP contribution is -2.10. The van der Waals surface area contributed by atoms with Crippen LogP contribution in [0, 0.1) is 11.3 Å². The number of hydrogen-bond donors (Lipinski definition) is 0. The average molecular weight is 232 g/mol. The number of carbonyl (C=O) groups is 1. The molecule has 4 nitrogen and oxygen atoms in total. The van der Waals surface area contributed by atoms with E-state index >= 15 is 0 Å². The molecular formula is C13H16N2O2. The molecule has 0 aliphatic rings. The number of esters is 1. The first-order valence-electron chi connectivity index (χ1n) is 5.32. The average Bonchev–Trinajstić information content (AvgIpc) is 2.35. The molecule has 0 fully saturated rings. The molecule has 0 heterocycles. The fourth-order valence-electron chi connectivity index (χ4n) is 1.49. The van der Waals surface area contributed by atoms with Crippen molar-refractivity contribution in [1.82, 2.24) is 0 Å². The third kappa shape index (κ3) is 3.49. The van der Waals surface area contributed by atoms with Gasteiger partial charge in [-0.15, -0.1) is 0 Å². The molecule has 1 aromatic rings. The van der Waals surface area contributed by atoms with Crippen LogP contribution >= 0.6 is 0 Å². The maximum absolute atomic E-state index is 11.1. The topological polar surface area (TPSA) is 53.3 Å². The van der Waals surface area contributed by atoms with Crippen LogP contribution in [0.4, 0.5) is 5.69 Å². The smallest absolute Gasteiger partial charge is 0.307 e. The van der Waals surface area contributed by atoms with E-state index in [-0.39, 0.29) is 12.4 Å². The van der Waals surface area contributed by atoms with Crippen LogP contribution in [0.15, 0.2) is 24.3 Å². The highest BCUT2D eigenvalue weighted by atomic mass is 16.5. The lowest BCUT2D eigenvalue weighted by atomic mass is 9.97. The molecule has 0 aliphatic carbocycles. The summed E-state index contributed by atoms with van der Waals surface area (Å²) in [6, 6.07) is 9.71. The highest BCUT2D eigenvalue weighted by molar-refractivity contribution is 5.71. The van der Waals surface area contributed by atoms with Gasteiger partial charge in [0.15, 0.2) is 0 Å². The van der Waals surface area contributed by atoms with Gasteiger partial charge in [0.05, 0.1) is 25.5 Å². The quantitative estimate of drug-likeness (QED) is 0.744. The van der Waals surface area contributed by atoms with Crippen LogP contribution in [0.2, 0.25) is 0 Å². The summed E-state index contributed by atoms with van der Waals surface area (Å²) in [5.74, 6) is -0.813. The number of benzene rings is 1. The van der Waals surface area contributed by atoms with Gasteiger partial charge in [0, 0.05) is 19.8 Å². The van der Waals surface area contributed by atoms with E-state index in [0.29, 0.717) is 0 Å². The number of hydrogen-bond acceptors (Lipinski definition) is 4. The number of carbonyl (C=O) groups excluding carboxylic acids is 1. The van der Waals surface area contributed by atoms with Crippen LogP contribution in [-0.2, 0) is 9.53 Å². The number of anilines is 1. The Hall–Kier alpha value is -2.02. The number of nitriles is 1. The third-order valence-electron chi connectivity index (χ3n) is 2.57. The molecule has 0 saturated heterocycles. The predicted octanol–water partition coefficient (Wildman–Crippen LogP) is 1.92. The first-order chi connectivity index (χ1) is 8.08. The second-order valence-electron chi connectivity index (χ2n) is 3.95. The summed E-state index contributed by atoms with van der Waals surface area (Å²) < 4.78 is 4.57. The molecule has 1 aromatic carbocycles. The molecule has 17 heavy (non-hydrogen) atoms. The summed E-state index contributed by atoms with van der Waals surface area (Å²) >= 11 is 0. The Morgan fingerprint density at radius 2 is 2.00 bits per heavy atom. The molecule has 1 unspecified atom stereocenters. The van der Waals surface area contributed by atoms with Crippen molar-refractivity contribution in [3.8, 4) is 6.07 Å². The van der Waals surface area contributed by atoms with E-state index in [4.69, 9.17) is 5.26 Å². The summed E-state index contributed by atoms with van der Waals surface area (Å²) in [4.78, 5) is 13.1. The van der Waals surface area contributed by atoms with Crippen molar-refractivity contribution in [2.45, 2.75) is 12.3 Å². The van der Waals surface area contributed by atoms with Crippen LogP contribution in [0.1, 0.15) is 17.9 Å². The van der Waals surface area contributed by atoms with Gasteiger partial charge in [0.1, 0.15) is 0 Å². The van der Waals surface area contributed by atoms with E-state index in [0.717, 1.165) is 11.3 Å². The van der Waals surface area contributed by atoms with Gasteiger partial charge in [-0.3, -0.25) is 4.79 Å². The number of ether oxygens (including phenoxy) is 1. The van der Waals surface area contributed by atoms with Crippen molar-refractivity contribution >= 4 is 11.7 Å². The van der Waals surface area contributed by atoms with Crippen LogP contribution in [-0.4, -0.2) is 27.2 Å². The van der Waals surface area contributed by atoms with Crippen molar-refractivity contribution in [2.24, 2.45) is 0 Å². The molecule has 1 rings (SSSR count). The molecule has 4 heteroatoms. The molecule has 0 N–H and O–H groups in total. The normalized spacial score (nSPS) is 11.4. The lowest BCUT2D eigenvalue weighted by Gasteiger charge is -2.14. The van der Waals surface area contributed by atoms with Gasteiger partial charge in [0.25, 0.3) is 0 Å². The highest BCUT2D eigenvalue weighted by Gasteiger charge is 2.15. The summed E-state index contributed by atoms with van der Waals surface area (Å²) in [7, 11) is 5.22. The fraction of sp³-hybridized carbons (Fsp3) is 0.385. The van der Waals surface area contributed by atoms with Gasteiger partial charge in [-0.1, -0.05) is 12.1 Å². The number of rotatable bonds is 4. The largest absolute Gasteiger partial charge is 0.469 e. The molecule has 1 atom stereocenters. The maximum atomic E-state index is 11.1. The molecule has 0 saturated carbocycles. The van der Waals surface area contributed by atoms with E-state index in [1.165, 1.54) is 7.11 Å². The third-order valence-corrected chi connectivity index (χ3v) is 2.57. The fourth-order valence-corrected chi connectivity index (χ4v) is 1.49. The number of methoxy groups -OCH3 is 1. The second-order valence-corrected chi connectivity index (χ2v) is 3.95. The van der Waals surface area contributed by atoms with Crippen molar-refractivity contribution in [3.63, 3.8) is 0 Å². The van der Waals surface area contributed by atoms with E-state index in [1.54, 1.807) is 0 Å². The molecule has 0 aromatic heterocycles. The molecule has 0 aliphatic heterocycles. The Labute approximate surface area is 101 Å². The van der Waals surface area contributed by atoms with Gasteiger partial charge in [-0.2, -0.15) is 5.26 Å². The zero-order valence-corrected chi connectivity index (χ0v) is 10.3. The Bertz CT molecular complexity index is 418. The van der Waals surface area contributed by atoms with Crippen molar-refractivity contribution in [1.29, 1.82) is 5.26 Å². The van der Waals surface area contributed by atoms with E-state index in [1.807, 2.05) is 43.3 Å². The summed E-state index contributed by atoms with van der Waals surface area (Å²) in [5, 5.41) is 9.03. The van der Waals surface area contributed by atoms with E-state index < -0.39 is 5.92 Å². The predicted molar refractivity (Wildman–Crippen MR) is 65.8 cm³/mol. The van der Waals surface area contributed by atoms with E-state index in [2.05, 4.69) is 10.8 Å². The van der Waals surface area contributed by atoms with Gasteiger partial charge in [0.2, 0.25) is 0 Å². The molecule has 0 amide bonds. The number of nitrogens with zero attached hydrogens (tertiary/aromatic N) is 2. The molecule has 0 bridgehead atoms. The molecular weight excluding hydrogens is 216 g/mol.